The summed E-state index contributed by atoms with van der Waals surface area (Å²) in [4.78, 5) is 23.3. The smallest absolute Gasteiger partial charge is 0.331 e. The maximum Gasteiger partial charge on any atom is 0.331 e. The highest BCUT2D eigenvalue weighted by atomic mass is 16.5. The summed E-state index contributed by atoms with van der Waals surface area (Å²) in [7, 11) is 0. The van der Waals surface area contributed by atoms with Crippen molar-refractivity contribution in [2.75, 3.05) is 5.32 Å². The largest absolute Gasteiger partial charge is 0.455 e. The Kier molecular flexibility index (Phi) is 5.71. The number of carbonyl (C=O) groups is 2. The predicted octanol–water partition coefficient (Wildman–Crippen LogP) is 2.49. The van der Waals surface area contributed by atoms with Gasteiger partial charge in [0.2, 0.25) is 5.91 Å². The summed E-state index contributed by atoms with van der Waals surface area (Å²) in [5, 5.41) is 2.85. The summed E-state index contributed by atoms with van der Waals surface area (Å²) in [5.74, 6) is -0.491. The Morgan fingerprint density at radius 1 is 1.39 bits per heavy atom. The molecule has 0 spiro atoms. The molecule has 1 aromatic carbocycles. The van der Waals surface area contributed by atoms with Gasteiger partial charge in [-0.25, -0.2) is 4.79 Å². The van der Waals surface area contributed by atoms with E-state index in [1.807, 2.05) is 50.3 Å². The summed E-state index contributed by atoms with van der Waals surface area (Å²) in [6, 6.07) is 6.86. The zero-order valence-corrected chi connectivity index (χ0v) is 13.4. The van der Waals surface area contributed by atoms with Gasteiger partial charge in [-0.05, 0) is 23.6 Å². The van der Waals surface area contributed by atoms with Crippen molar-refractivity contribution < 1.29 is 14.3 Å². The number of carbonyl (C=O) groups excluding carboxylic acids is 2. The molecule has 5 nitrogen and oxygen atoms in total. The van der Waals surface area contributed by atoms with Crippen LogP contribution < -0.4 is 11.1 Å². The zero-order chi connectivity index (χ0) is 16.8. The van der Waals surface area contributed by atoms with Crippen LogP contribution in [0.5, 0.6) is 0 Å². The van der Waals surface area contributed by atoms with Crippen molar-refractivity contribution >= 4 is 23.6 Å². The van der Waals surface area contributed by atoms with E-state index in [1.54, 1.807) is 6.08 Å². The van der Waals surface area contributed by atoms with Crippen molar-refractivity contribution in [1.82, 2.24) is 0 Å². The van der Waals surface area contributed by atoms with E-state index in [9.17, 15) is 9.59 Å². The molecule has 5 heteroatoms. The van der Waals surface area contributed by atoms with Crippen LogP contribution in [0.4, 0.5) is 5.69 Å². The van der Waals surface area contributed by atoms with Crippen LogP contribution >= 0.6 is 0 Å². The average Bonchev–Trinajstić information content (AvgIpc) is 2.53. The van der Waals surface area contributed by atoms with Crippen molar-refractivity contribution in [2.24, 2.45) is 11.7 Å². The second-order valence-corrected chi connectivity index (χ2v) is 5.82. The number of amides is 1. The van der Waals surface area contributed by atoms with E-state index in [2.05, 4.69) is 5.32 Å². The van der Waals surface area contributed by atoms with E-state index in [0.29, 0.717) is 12.1 Å². The third-order valence-corrected chi connectivity index (χ3v) is 3.62. The second kappa shape index (κ2) is 7.74. The zero-order valence-electron chi connectivity index (χ0n) is 13.4. The van der Waals surface area contributed by atoms with Crippen LogP contribution in [-0.4, -0.2) is 24.0 Å². The molecule has 2 rings (SSSR count). The number of para-hydroxylation sites is 1. The van der Waals surface area contributed by atoms with Crippen LogP contribution in [0.1, 0.15) is 25.8 Å². The molecule has 0 fully saturated rings. The summed E-state index contributed by atoms with van der Waals surface area (Å²) in [6.07, 6.45) is 7.23. The van der Waals surface area contributed by atoms with Crippen LogP contribution in [0.15, 0.2) is 42.5 Å². The van der Waals surface area contributed by atoms with E-state index in [0.717, 1.165) is 5.56 Å². The van der Waals surface area contributed by atoms with Gasteiger partial charge in [-0.2, -0.15) is 0 Å². The monoisotopic (exact) mass is 314 g/mol. The molecule has 1 aromatic rings. The van der Waals surface area contributed by atoms with Crippen LogP contribution in [0, 0.1) is 5.92 Å². The SMILES string of the molecule is CC(C)[C@H](N)C(=O)Nc1ccccc1/C=C/[C@H]1CC=CC(=O)O1. The number of nitrogens with one attached hydrogen (secondary N) is 1. The first-order valence-electron chi connectivity index (χ1n) is 7.68. The normalized spacial score (nSPS) is 19.0. The van der Waals surface area contributed by atoms with Gasteiger partial charge in [0.15, 0.2) is 0 Å². The molecular weight excluding hydrogens is 292 g/mol. The molecule has 1 aliphatic heterocycles. The fourth-order valence-corrected chi connectivity index (χ4v) is 2.14. The fourth-order valence-electron chi connectivity index (χ4n) is 2.14. The molecule has 122 valence electrons. The molecule has 0 bridgehead atoms. The van der Waals surface area contributed by atoms with Crippen molar-refractivity contribution in [3.05, 3.63) is 48.1 Å². The number of cyclic esters (lactones) is 1. The summed E-state index contributed by atoms with van der Waals surface area (Å²) in [6.45, 7) is 3.81. The van der Waals surface area contributed by atoms with Crippen molar-refractivity contribution in [1.29, 1.82) is 0 Å². The van der Waals surface area contributed by atoms with Crippen LogP contribution in [0.2, 0.25) is 0 Å². The molecule has 0 aliphatic carbocycles. The van der Waals surface area contributed by atoms with Gasteiger partial charge in [-0.3, -0.25) is 4.79 Å². The predicted molar refractivity (Wildman–Crippen MR) is 90.6 cm³/mol. The summed E-state index contributed by atoms with van der Waals surface area (Å²) < 4.78 is 5.18. The molecular formula is C18H22N2O3. The number of ether oxygens (including phenoxy) is 1. The first-order valence-corrected chi connectivity index (χ1v) is 7.68. The maximum atomic E-state index is 12.1. The number of rotatable bonds is 5. The highest BCUT2D eigenvalue weighted by Crippen LogP contribution is 2.19. The molecule has 0 unspecified atom stereocenters. The van der Waals surface area contributed by atoms with Gasteiger partial charge in [-0.1, -0.05) is 44.2 Å². The Bertz CT molecular complexity index is 635. The molecule has 0 saturated heterocycles. The first-order chi connectivity index (χ1) is 11.0. The molecule has 23 heavy (non-hydrogen) atoms. The standard InChI is InChI=1S/C18H22N2O3/c1-12(2)17(19)18(22)20-15-8-4-3-6-13(15)10-11-14-7-5-9-16(21)23-14/h3-6,8-12,14,17H,7,19H2,1-2H3,(H,20,22)/b11-10+/t14-,17+/m1/s1. The number of nitrogens with two attached hydrogens (primary N) is 1. The van der Waals surface area contributed by atoms with Crippen LogP contribution in [0.3, 0.4) is 0 Å². The Morgan fingerprint density at radius 3 is 2.83 bits per heavy atom. The second-order valence-electron chi connectivity index (χ2n) is 5.82. The van der Waals surface area contributed by atoms with E-state index in [1.165, 1.54) is 6.08 Å². The van der Waals surface area contributed by atoms with Gasteiger partial charge in [-0.15, -0.1) is 0 Å². The van der Waals surface area contributed by atoms with Crippen LogP contribution in [-0.2, 0) is 14.3 Å². The van der Waals surface area contributed by atoms with Gasteiger partial charge in [0.25, 0.3) is 0 Å². The molecule has 1 heterocycles. The summed E-state index contributed by atoms with van der Waals surface area (Å²) >= 11 is 0. The molecule has 2 atom stereocenters. The number of anilines is 1. The number of esters is 1. The molecule has 0 radical (unpaired) electrons. The van der Waals surface area contributed by atoms with Gasteiger partial charge < -0.3 is 15.8 Å². The number of hydrogen-bond acceptors (Lipinski definition) is 4. The van der Waals surface area contributed by atoms with Crippen molar-refractivity contribution in [3.63, 3.8) is 0 Å². The Morgan fingerprint density at radius 2 is 2.13 bits per heavy atom. The van der Waals surface area contributed by atoms with Gasteiger partial charge in [0, 0.05) is 18.2 Å². The topological polar surface area (TPSA) is 81.4 Å². The maximum absolute atomic E-state index is 12.1. The third kappa shape index (κ3) is 4.79. The molecule has 0 aromatic heterocycles. The first kappa shape index (κ1) is 17.0. The molecule has 3 N–H and O–H groups in total. The van der Waals surface area contributed by atoms with E-state index in [4.69, 9.17) is 10.5 Å². The minimum absolute atomic E-state index is 0.0612. The molecule has 0 saturated carbocycles. The number of benzene rings is 1. The lowest BCUT2D eigenvalue weighted by Crippen LogP contribution is -2.39. The lowest BCUT2D eigenvalue weighted by Gasteiger charge is -2.17. The Balaban J connectivity index is 2.10. The lowest BCUT2D eigenvalue weighted by atomic mass is 10.0. The Labute approximate surface area is 136 Å². The molecule has 1 aliphatic rings. The van der Waals surface area contributed by atoms with Crippen molar-refractivity contribution in [2.45, 2.75) is 32.4 Å². The van der Waals surface area contributed by atoms with E-state index < -0.39 is 6.04 Å². The Hall–Kier alpha value is -2.40. The molecule has 1 amide bonds. The number of hydrogen-bond donors (Lipinski definition) is 2. The minimum Gasteiger partial charge on any atom is -0.455 e. The average molecular weight is 314 g/mol. The van der Waals surface area contributed by atoms with E-state index >= 15 is 0 Å². The van der Waals surface area contributed by atoms with Gasteiger partial charge in [0.05, 0.1) is 6.04 Å². The third-order valence-electron chi connectivity index (χ3n) is 3.62. The minimum atomic E-state index is -0.559. The summed E-state index contributed by atoms with van der Waals surface area (Å²) in [5.41, 5.74) is 7.39. The van der Waals surface area contributed by atoms with Crippen LogP contribution in [0.25, 0.3) is 6.08 Å². The fraction of sp³-hybridized carbons (Fsp3) is 0.333. The highest BCUT2D eigenvalue weighted by molar-refractivity contribution is 5.96. The highest BCUT2D eigenvalue weighted by Gasteiger charge is 2.18. The van der Waals surface area contributed by atoms with Gasteiger partial charge >= 0.3 is 5.97 Å². The quantitative estimate of drug-likeness (QED) is 0.818. The lowest BCUT2D eigenvalue weighted by molar-refractivity contribution is -0.141. The van der Waals surface area contributed by atoms with E-state index in [-0.39, 0.29) is 23.9 Å². The van der Waals surface area contributed by atoms with Crippen molar-refractivity contribution in [3.8, 4) is 0 Å². The van der Waals surface area contributed by atoms with Gasteiger partial charge in [0.1, 0.15) is 6.10 Å².